The van der Waals surface area contributed by atoms with Crippen LogP contribution in [0.5, 0.6) is 11.5 Å². The third-order valence-electron chi connectivity index (χ3n) is 6.58. The molecule has 1 fully saturated rings. The van der Waals surface area contributed by atoms with Crippen molar-refractivity contribution in [1.29, 1.82) is 0 Å². The number of hydrogen-bond acceptors (Lipinski definition) is 6. The van der Waals surface area contributed by atoms with Gasteiger partial charge < -0.3 is 24.4 Å². The molecule has 0 aromatic heterocycles. The Bertz CT molecular complexity index is 1140. The summed E-state index contributed by atoms with van der Waals surface area (Å²) in [4.78, 5) is 30.4. The smallest absolute Gasteiger partial charge is 0.295 e. The predicted molar refractivity (Wildman–Crippen MR) is 146 cm³/mol. The molecule has 1 aliphatic heterocycles. The van der Waals surface area contributed by atoms with E-state index in [0.29, 0.717) is 43.4 Å². The number of carbonyl (C=O) groups is 2. The fourth-order valence-electron chi connectivity index (χ4n) is 4.50. The number of aliphatic hydroxyl groups excluding tert-OH is 1. The number of benzene rings is 2. The fraction of sp³-hybridized carbons (Fsp3) is 0.400. The van der Waals surface area contributed by atoms with Crippen LogP contribution in [0.4, 0.5) is 0 Å². The van der Waals surface area contributed by atoms with E-state index in [9.17, 15) is 14.7 Å². The van der Waals surface area contributed by atoms with Crippen LogP contribution in [0.1, 0.15) is 49.9 Å². The van der Waals surface area contributed by atoms with Gasteiger partial charge in [-0.3, -0.25) is 9.59 Å². The molecule has 1 heterocycles. The summed E-state index contributed by atoms with van der Waals surface area (Å²) in [6.45, 7) is 15.3. The lowest BCUT2D eigenvalue weighted by molar-refractivity contribution is -0.140. The molecule has 1 N–H and O–H groups in total. The highest BCUT2D eigenvalue weighted by atomic mass is 16.5. The van der Waals surface area contributed by atoms with Gasteiger partial charge in [-0.2, -0.15) is 0 Å². The van der Waals surface area contributed by atoms with Gasteiger partial charge in [0.25, 0.3) is 11.7 Å². The summed E-state index contributed by atoms with van der Waals surface area (Å²) in [7, 11) is 0. The maximum absolute atomic E-state index is 13.3. The monoisotopic (exact) mass is 506 g/mol. The highest BCUT2D eigenvalue weighted by Crippen LogP contribution is 2.40. The molecule has 2 aromatic rings. The number of nitrogens with zero attached hydrogens (tertiary/aromatic N) is 2. The Morgan fingerprint density at radius 1 is 1.05 bits per heavy atom. The van der Waals surface area contributed by atoms with Gasteiger partial charge in [-0.15, -0.1) is 0 Å². The van der Waals surface area contributed by atoms with Gasteiger partial charge in [-0.1, -0.05) is 45.6 Å². The van der Waals surface area contributed by atoms with Gasteiger partial charge in [-0.25, -0.2) is 0 Å². The molecule has 2 aromatic carbocycles. The molecular formula is C30H38N2O5. The van der Waals surface area contributed by atoms with Crippen LogP contribution in [0.3, 0.4) is 0 Å². The number of amides is 1. The highest BCUT2D eigenvalue weighted by Gasteiger charge is 2.46. The van der Waals surface area contributed by atoms with Crippen molar-refractivity contribution in [1.82, 2.24) is 9.80 Å². The lowest BCUT2D eigenvalue weighted by atomic mass is 9.94. The molecular weight excluding hydrogens is 468 g/mol. The third kappa shape index (κ3) is 6.41. The molecule has 1 amide bonds. The van der Waals surface area contributed by atoms with Crippen molar-refractivity contribution in [2.24, 2.45) is 0 Å². The van der Waals surface area contributed by atoms with Crippen molar-refractivity contribution >= 4 is 17.4 Å². The van der Waals surface area contributed by atoms with Crippen molar-refractivity contribution in [3.05, 3.63) is 77.4 Å². The minimum atomic E-state index is -0.709. The van der Waals surface area contributed by atoms with E-state index in [1.807, 2.05) is 32.0 Å². The zero-order valence-corrected chi connectivity index (χ0v) is 22.3. The number of likely N-dealkylation sites (tertiary alicyclic amines) is 1. The summed E-state index contributed by atoms with van der Waals surface area (Å²) >= 11 is 0. The highest BCUT2D eigenvalue weighted by molar-refractivity contribution is 6.46. The van der Waals surface area contributed by atoms with E-state index < -0.39 is 17.7 Å². The lowest BCUT2D eigenvalue weighted by Crippen LogP contribution is -2.38. The van der Waals surface area contributed by atoms with Crippen molar-refractivity contribution in [2.75, 3.05) is 39.4 Å². The Morgan fingerprint density at radius 2 is 1.73 bits per heavy atom. The van der Waals surface area contributed by atoms with Gasteiger partial charge in [0, 0.05) is 18.7 Å². The number of ether oxygens (including phenoxy) is 2. The largest absolute Gasteiger partial charge is 0.507 e. The van der Waals surface area contributed by atoms with Crippen LogP contribution >= 0.6 is 0 Å². The number of likely N-dealkylation sites (N-methyl/N-ethyl adjacent to an activating group) is 1. The molecule has 0 radical (unpaired) electrons. The predicted octanol–water partition coefficient (Wildman–Crippen LogP) is 5.11. The Balaban J connectivity index is 2.06. The number of Topliss-reactive ketones (excluding diaryl/α,β-unsaturated/α-hetero) is 1. The average Bonchev–Trinajstić information content (AvgIpc) is 3.16. The SMILES string of the molecule is C=CCOc1ccc(C2/C(=C(/O)c3ccc(OCCC)cc3C)C(=O)C(=O)N2CCN(CC)CC)cc1. The van der Waals surface area contributed by atoms with Gasteiger partial charge in [0.05, 0.1) is 18.2 Å². The van der Waals surface area contributed by atoms with Crippen LogP contribution in [-0.4, -0.2) is 66.0 Å². The number of aliphatic hydroxyl groups is 1. The van der Waals surface area contributed by atoms with Gasteiger partial charge >= 0.3 is 0 Å². The lowest BCUT2D eigenvalue weighted by Gasteiger charge is -2.28. The van der Waals surface area contributed by atoms with Gasteiger partial charge in [0.15, 0.2) is 0 Å². The van der Waals surface area contributed by atoms with Crippen LogP contribution in [0.2, 0.25) is 0 Å². The van der Waals surface area contributed by atoms with Crippen LogP contribution < -0.4 is 9.47 Å². The number of hydrogen-bond donors (Lipinski definition) is 1. The Hall–Kier alpha value is -3.58. The Kier molecular flexibility index (Phi) is 9.92. The van der Waals surface area contributed by atoms with Crippen LogP contribution in [0.15, 0.2) is 60.7 Å². The van der Waals surface area contributed by atoms with Crippen molar-refractivity contribution < 1.29 is 24.2 Å². The second-order valence-corrected chi connectivity index (χ2v) is 9.01. The molecule has 3 rings (SSSR count). The summed E-state index contributed by atoms with van der Waals surface area (Å²) < 4.78 is 11.3. The molecule has 0 saturated carbocycles. The summed E-state index contributed by atoms with van der Waals surface area (Å²) in [5.41, 5.74) is 2.08. The second-order valence-electron chi connectivity index (χ2n) is 9.01. The van der Waals surface area contributed by atoms with E-state index in [-0.39, 0.29) is 11.3 Å². The summed E-state index contributed by atoms with van der Waals surface area (Å²) in [5, 5.41) is 11.4. The molecule has 7 nitrogen and oxygen atoms in total. The molecule has 1 aliphatic rings. The van der Waals surface area contributed by atoms with Crippen molar-refractivity contribution in [3.8, 4) is 11.5 Å². The summed E-state index contributed by atoms with van der Waals surface area (Å²) in [6.07, 6.45) is 2.55. The molecule has 37 heavy (non-hydrogen) atoms. The van der Waals surface area contributed by atoms with Gasteiger partial charge in [0.1, 0.15) is 23.9 Å². The van der Waals surface area contributed by atoms with E-state index in [1.54, 1.807) is 35.2 Å². The van der Waals surface area contributed by atoms with E-state index in [1.165, 1.54) is 0 Å². The maximum Gasteiger partial charge on any atom is 0.295 e. The molecule has 0 aliphatic carbocycles. The van der Waals surface area contributed by atoms with E-state index >= 15 is 0 Å². The first kappa shape index (κ1) is 28.0. The molecule has 1 saturated heterocycles. The normalized spacial score (nSPS) is 16.9. The first-order chi connectivity index (χ1) is 17.9. The number of carbonyl (C=O) groups excluding carboxylic acids is 2. The first-order valence-corrected chi connectivity index (χ1v) is 12.9. The zero-order valence-electron chi connectivity index (χ0n) is 22.3. The topological polar surface area (TPSA) is 79.3 Å². The Labute approximate surface area is 220 Å². The van der Waals surface area contributed by atoms with Crippen LogP contribution in [-0.2, 0) is 9.59 Å². The number of rotatable bonds is 13. The molecule has 7 heteroatoms. The van der Waals surface area contributed by atoms with Gasteiger partial charge in [0.2, 0.25) is 0 Å². The van der Waals surface area contributed by atoms with Crippen LogP contribution in [0.25, 0.3) is 5.76 Å². The standard InChI is InChI=1S/C30H38N2O5/c1-6-18-36-23-12-10-22(11-13-23)27-26(29(34)30(35)32(27)17-16-31(8-3)9-4)28(33)25-15-14-24(20-21(25)5)37-19-7-2/h6,10-15,20,27,33H,1,7-9,16-19H2,2-5H3/b28-26-. The molecule has 198 valence electrons. The second kappa shape index (κ2) is 13.1. The zero-order chi connectivity index (χ0) is 26.9. The third-order valence-corrected chi connectivity index (χ3v) is 6.58. The van der Waals surface area contributed by atoms with E-state index in [0.717, 1.165) is 30.6 Å². The molecule has 0 bridgehead atoms. The number of ketones is 1. The van der Waals surface area contributed by atoms with E-state index in [2.05, 4.69) is 25.3 Å². The van der Waals surface area contributed by atoms with E-state index in [4.69, 9.17) is 9.47 Å². The number of aryl methyl sites for hydroxylation is 1. The minimum absolute atomic E-state index is 0.0923. The molecule has 1 atom stereocenters. The van der Waals surface area contributed by atoms with Crippen LogP contribution in [0, 0.1) is 6.92 Å². The molecule has 1 unspecified atom stereocenters. The summed E-state index contributed by atoms with van der Waals surface area (Å²) in [6, 6.07) is 11.9. The van der Waals surface area contributed by atoms with Crippen molar-refractivity contribution in [3.63, 3.8) is 0 Å². The first-order valence-electron chi connectivity index (χ1n) is 12.9. The maximum atomic E-state index is 13.3. The minimum Gasteiger partial charge on any atom is -0.507 e. The quantitative estimate of drug-likeness (QED) is 0.176. The summed E-state index contributed by atoms with van der Waals surface area (Å²) in [5.74, 6) is -0.115. The van der Waals surface area contributed by atoms with Crippen molar-refractivity contribution in [2.45, 2.75) is 40.2 Å². The van der Waals surface area contributed by atoms with Gasteiger partial charge in [-0.05, 0) is 67.9 Å². The molecule has 0 spiro atoms. The average molecular weight is 507 g/mol. The Morgan fingerprint density at radius 3 is 2.32 bits per heavy atom. The fourth-order valence-corrected chi connectivity index (χ4v) is 4.50.